The summed E-state index contributed by atoms with van der Waals surface area (Å²) in [5, 5.41) is 2.29. The third-order valence-corrected chi connectivity index (χ3v) is 9.76. The molecule has 2 heteroatoms. The summed E-state index contributed by atoms with van der Waals surface area (Å²) in [6, 6.07) is 60.8. The second-order valence-corrected chi connectivity index (χ2v) is 12.3. The molecule has 1 aromatic heterocycles. The van der Waals surface area contributed by atoms with Crippen LogP contribution in [-0.2, 0) is 5.41 Å². The van der Waals surface area contributed by atoms with Gasteiger partial charge in [0.2, 0.25) is 0 Å². The summed E-state index contributed by atoms with van der Waals surface area (Å²) in [4.78, 5) is 2.28. The van der Waals surface area contributed by atoms with Crippen LogP contribution in [0.15, 0.2) is 174 Å². The van der Waals surface area contributed by atoms with Gasteiger partial charge in [0.25, 0.3) is 0 Å². The van der Waals surface area contributed by atoms with E-state index in [1.807, 2.05) is 0 Å². The van der Waals surface area contributed by atoms with Crippen LogP contribution in [0.1, 0.15) is 23.6 Å². The Morgan fingerprint density at radius 2 is 0.978 bits per heavy atom. The Morgan fingerprint density at radius 1 is 0.435 bits per heavy atom. The van der Waals surface area contributed by atoms with E-state index in [0.717, 1.165) is 50.1 Å². The molecule has 9 rings (SSSR count). The lowest BCUT2D eigenvalue weighted by atomic mass is 9.74. The van der Waals surface area contributed by atoms with Gasteiger partial charge in [-0.3, -0.25) is 0 Å². The third kappa shape index (κ3) is 4.04. The topological polar surface area (TPSA) is 16.4 Å². The minimum Gasteiger partial charge on any atom is -0.456 e. The third-order valence-electron chi connectivity index (χ3n) is 9.76. The van der Waals surface area contributed by atoms with E-state index in [-0.39, 0.29) is 5.41 Å². The van der Waals surface area contributed by atoms with Crippen molar-refractivity contribution in [2.75, 3.05) is 4.90 Å². The van der Waals surface area contributed by atoms with Gasteiger partial charge in [0.1, 0.15) is 11.2 Å². The van der Waals surface area contributed by atoms with E-state index >= 15 is 0 Å². The first-order valence-electron chi connectivity index (χ1n) is 15.9. The first-order valence-corrected chi connectivity index (χ1v) is 15.9. The summed E-state index contributed by atoms with van der Waals surface area (Å²) in [5.41, 5.74) is 13.9. The minimum atomic E-state index is -0.236. The zero-order valence-corrected chi connectivity index (χ0v) is 25.5. The van der Waals surface area contributed by atoms with Crippen LogP contribution in [0.4, 0.5) is 17.1 Å². The predicted octanol–water partition coefficient (Wildman–Crippen LogP) is 12.1. The minimum absolute atomic E-state index is 0.236. The van der Waals surface area contributed by atoms with Gasteiger partial charge in [0.05, 0.1) is 0 Å². The summed E-state index contributed by atoms with van der Waals surface area (Å²) < 4.78 is 6.47. The summed E-state index contributed by atoms with van der Waals surface area (Å²) in [6.07, 6.45) is 0. The van der Waals surface area contributed by atoms with Crippen LogP contribution >= 0.6 is 0 Å². The van der Waals surface area contributed by atoms with Crippen molar-refractivity contribution < 1.29 is 4.42 Å². The van der Waals surface area contributed by atoms with Crippen LogP contribution < -0.4 is 4.90 Å². The van der Waals surface area contributed by atoms with Crippen LogP contribution in [0.3, 0.4) is 0 Å². The van der Waals surface area contributed by atoms with Crippen molar-refractivity contribution in [1.82, 2.24) is 0 Å². The number of hydrogen-bond acceptors (Lipinski definition) is 2. The van der Waals surface area contributed by atoms with Crippen molar-refractivity contribution in [2.45, 2.75) is 12.3 Å². The van der Waals surface area contributed by atoms with E-state index in [1.54, 1.807) is 0 Å². The number of rotatable bonds is 5. The molecule has 0 unspecified atom stereocenters. The molecule has 0 aliphatic heterocycles. The second kappa shape index (κ2) is 10.4. The Balaban J connectivity index is 1.09. The average Bonchev–Trinajstić information content (AvgIpc) is 3.62. The van der Waals surface area contributed by atoms with E-state index < -0.39 is 0 Å². The van der Waals surface area contributed by atoms with Gasteiger partial charge in [-0.05, 0) is 107 Å². The highest BCUT2D eigenvalue weighted by atomic mass is 16.3. The predicted molar refractivity (Wildman–Crippen MR) is 191 cm³/mol. The lowest BCUT2D eigenvalue weighted by Crippen LogP contribution is -2.22. The van der Waals surface area contributed by atoms with Crippen LogP contribution in [0.2, 0.25) is 0 Å². The molecule has 46 heavy (non-hydrogen) atoms. The van der Waals surface area contributed by atoms with E-state index in [9.17, 15) is 0 Å². The van der Waals surface area contributed by atoms with Crippen molar-refractivity contribution in [3.05, 3.63) is 187 Å². The highest BCUT2D eigenvalue weighted by molar-refractivity contribution is 6.06. The van der Waals surface area contributed by atoms with Gasteiger partial charge in [0, 0.05) is 33.2 Å². The summed E-state index contributed by atoms with van der Waals surface area (Å²) in [6.45, 7) is 2.36. The SMILES string of the molecule is CC1(c2ccc3oc4cc(-c5ccc(N(c6ccccc6)c6ccccc6)cc5)ccc4c3c2)c2ccccc2-c2ccccc21. The number of nitrogens with zero attached hydrogens (tertiary/aromatic N) is 1. The van der Waals surface area contributed by atoms with Crippen LogP contribution in [0.25, 0.3) is 44.2 Å². The maximum absolute atomic E-state index is 6.47. The molecule has 0 atom stereocenters. The fourth-order valence-corrected chi connectivity index (χ4v) is 7.44. The largest absolute Gasteiger partial charge is 0.456 e. The molecule has 1 aliphatic rings. The highest BCUT2D eigenvalue weighted by Crippen LogP contribution is 2.52. The van der Waals surface area contributed by atoms with Crippen LogP contribution in [0, 0.1) is 0 Å². The molecule has 0 saturated heterocycles. The van der Waals surface area contributed by atoms with Crippen molar-refractivity contribution in [1.29, 1.82) is 0 Å². The van der Waals surface area contributed by atoms with Gasteiger partial charge in [-0.2, -0.15) is 0 Å². The summed E-state index contributed by atoms with van der Waals surface area (Å²) in [5.74, 6) is 0. The molecular formula is C44H31NO. The molecule has 0 radical (unpaired) electrons. The Labute approximate surface area is 268 Å². The Hall–Kier alpha value is -5.86. The number of anilines is 3. The smallest absolute Gasteiger partial charge is 0.136 e. The summed E-state index contributed by atoms with van der Waals surface area (Å²) >= 11 is 0. The normalized spacial score (nSPS) is 13.1. The fraction of sp³-hybridized carbons (Fsp3) is 0.0455. The quantitative estimate of drug-likeness (QED) is 0.199. The molecule has 2 nitrogen and oxygen atoms in total. The van der Waals surface area contributed by atoms with Gasteiger partial charge < -0.3 is 9.32 Å². The lowest BCUT2D eigenvalue weighted by molar-refractivity contribution is 0.667. The number of para-hydroxylation sites is 2. The van der Waals surface area contributed by atoms with Crippen molar-refractivity contribution in [3.63, 3.8) is 0 Å². The average molecular weight is 590 g/mol. The number of hydrogen-bond donors (Lipinski definition) is 0. The van der Waals surface area contributed by atoms with Crippen molar-refractivity contribution >= 4 is 39.0 Å². The molecular weight excluding hydrogens is 558 g/mol. The monoisotopic (exact) mass is 589 g/mol. The number of benzene rings is 7. The second-order valence-electron chi connectivity index (χ2n) is 12.3. The molecule has 218 valence electrons. The van der Waals surface area contributed by atoms with E-state index in [1.165, 1.54) is 27.8 Å². The van der Waals surface area contributed by atoms with Crippen molar-refractivity contribution in [3.8, 4) is 22.3 Å². The first-order chi connectivity index (χ1) is 22.7. The Morgan fingerprint density at radius 3 is 1.61 bits per heavy atom. The molecule has 8 aromatic rings. The molecule has 7 aromatic carbocycles. The van der Waals surface area contributed by atoms with Gasteiger partial charge >= 0.3 is 0 Å². The number of furan rings is 1. The molecule has 1 aliphatic carbocycles. The lowest BCUT2D eigenvalue weighted by Gasteiger charge is -2.28. The molecule has 0 fully saturated rings. The zero-order valence-electron chi connectivity index (χ0n) is 25.5. The maximum Gasteiger partial charge on any atom is 0.136 e. The van der Waals surface area contributed by atoms with Gasteiger partial charge in [-0.25, -0.2) is 0 Å². The van der Waals surface area contributed by atoms with Crippen molar-refractivity contribution in [2.24, 2.45) is 0 Å². The maximum atomic E-state index is 6.47. The van der Waals surface area contributed by atoms with E-state index in [4.69, 9.17) is 4.42 Å². The zero-order chi connectivity index (χ0) is 30.7. The van der Waals surface area contributed by atoms with Crippen LogP contribution in [-0.4, -0.2) is 0 Å². The Bertz CT molecular complexity index is 2280. The molecule has 0 N–H and O–H groups in total. The highest BCUT2D eigenvalue weighted by Gasteiger charge is 2.40. The molecule has 1 heterocycles. The van der Waals surface area contributed by atoms with Gasteiger partial charge in [0.15, 0.2) is 0 Å². The van der Waals surface area contributed by atoms with Gasteiger partial charge in [-0.15, -0.1) is 0 Å². The fourth-order valence-electron chi connectivity index (χ4n) is 7.44. The molecule has 0 bridgehead atoms. The van der Waals surface area contributed by atoms with E-state index in [2.05, 4.69) is 182 Å². The molecule has 0 amide bonds. The van der Waals surface area contributed by atoms with Gasteiger partial charge in [-0.1, -0.05) is 109 Å². The molecule has 0 spiro atoms. The Kier molecular flexibility index (Phi) is 5.97. The van der Waals surface area contributed by atoms with E-state index in [0.29, 0.717) is 0 Å². The standard InChI is InChI=1S/C44H31NO/c1-44(40-18-10-8-16-36(40)37-17-9-11-19-41(37)44)32-23-27-42-39(29-32)38-26-22-31(28-43(38)46-42)30-20-24-35(25-21-30)45(33-12-4-2-5-13-33)34-14-6-3-7-15-34/h2-29H,1H3. The summed E-state index contributed by atoms with van der Waals surface area (Å²) in [7, 11) is 0. The molecule has 0 saturated carbocycles. The van der Waals surface area contributed by atoms with Crippen LogP contribution in [0.5, 0.6) is 0 Å². The number of fused-ring (bicyclic) bond motifs is 6. The first kappa shape index (κ1) is 26.5.